The van der Waals surface area contributed by atoms with Crippen LogP contribution in [0.5, 0.6) is 0 Å². The van der Waals surface area contributed by atoms with E-state index in [2.05, 4.69) is 27.1 Å². The van der Waals surface area contributed by atoms with Gasteiger partial charge in [-0.1, -0.05) is 30.7 Å². The van der Waals surface area contributed by atoms with Crippen LogP contribution in [0.25, 0.3) is 0 Å². The Kier molecular flexibility index (Phi) is 7.01. The summed E-state index contributed by atoms with van der Waals surface area (Å²) in [6, 6.07) is 7.88. The van der Waals surface area contributed by atoms with Gasteiger partial charge in [-0.3, -0.25) is 4.79 Å². The van der Waals surface area contributed by atoms with Crippen LogP contribution in [0, 0.1) is 0 Å². The molecule has 0 radical (unpaired) electrons. The number of ether oxygens (including phenoxy) is 1. The third-order valence-corrected chi connectivity index (χ3v) is 7.53. The van der Waals surface area contributed by atoms with Crippen molar-refractivity contribution in [3.63, 3.8) is 0 Å². The summed E-state index contributed by atoms with van der Waals surface area (Å²) in [5, 5.41) is 14.5. The normalized spacial score (nSPS) is 25.4. The molecule has 0 bridgehead atoms. The number of halogens is 1. The van der Waals surface area contributed by atoms with Gasteiger partial charge in [-0.2, -0.15) is 0 Å². The number of aromatic nitrogens is 2. The molecular formula is C25H32ClN5O3. The number of benzene rings is 1. The largest absolute Gasteiger partial charge is 0.387 e. The fraction of sp³-hybridized carbons (Fsp3) is 0.560. The van der Waals surface area contributed by atoms with E-state index in [0.29, 0.717) is 50.8 Å². The van der Waals surface area contributed by atoms with Gasteiger partial charge < -0.3 is 25.0 Å². The van der Waals surface area contributed by atoms with Gasteiger partial charge >= 0.3 is 0 Å². The minimum Gasteiger partial charge on any atom is -0.387 e. The molecule has 1 aromatic heterocycles. The smallest absolute Gasteiger partial charge is 0.231 e. The minimum atomic E-state index is -0.521. The maximum atomic E-state index is 13.7. The molecule has 0 spiro atoms. The van der Waals surface area contributed by atoms with Crippen LogP contribution in [-0.2, 0) is 9.53 Å². The van der Waals surface area contributed by atoms with Gasteiger partial charge in [-0.15, -0.1) is 0 Å². The number of aliphatic hydroxyl groups is 1. The molecule has 2 unspecified atom stereocenters. The molecule has 3 heterocycles. The first-order chi connectivity index (χ1) is 16.5. The Morgan fingerprint density at radius 3 is 2.71 bits per heavy atom. The lowest BCUT2D eigenvalue weighted by Crippen LogP contribution is -2.51. The van der Waals surface area contributed by atoms with E-state index in [1.807, 2.05) is 29.2 Å². The molecule has 5 rings (SSSR count). The van der Waals surface area contributed by atoms with Gasteiger partial charge in [0, 0.05) is 56.0 Å². The number of rotatable bonds is 6. The molecule has 9 heteroatoms. The van der Waals surface area contributed by atoms with Gasteiger partial charge in [0.2, 0.25) is 5.91 Å². The third-order valence-electron chi connectivity index (χ3n) is 7.28. The highest BCUT2D eigenvalue weighted by Crippen LogP contribution is 2.42. The number of fused-ring (bicyclic) bond motifs is 1. The summed E-state index contributed by atoms with van der Waals surface area (Å²) in [5.41, 5.74) is 2.78. The van der Waals surface area contributed by atoms with Crippen molar-refractivity contribution >= 4 is 23.3 Å². The Labute approximate surface area is 205 Å². The molecule has 2 saturated heterocycles. The minimum absolute atomic E-state index is 0.130. The predicted molar refractivity (Wildman–Crippen MR) is 130 cm³/mol. The van der Waals surface area contributed by atoms with Crippen LogP contribution >= 0.6 is 11.6 Å². The van der Waals surface area contributed by atoms with Crippen molar-refractivity contribution in [2.45, 2.75) is 43.7 Å². The Balaban J connectivity index is 1.28. The molecule has 2 N–H and O–H groups in total. The van der Waals surface area contributed by atoms with E-state index in [1.54, 1.807) is 6.33 Å². The average Bonchev–Trinajstić information content (AvgIpc) is 3.48. The summed E-state index contributed by atoms with van der Waals surface area (Å²) in [4.78, 5) is 26.7. The number of nitrogens with zero attached hydrogens (tertiary/aromatic N) is 4. The van der Waals surface area contributed by atoms with Crippen LogP contribution in [0.3, 0.4) is 0 Å². The lowest BCUT2D eigenvalue weighted by atomic mass is 9.96. The van der Waals surface area contributed by atoms with Gasteiger partial charge in [0.1, 0.15) is 12.1 Å². The molecule has 2 fully saturated rings. The van der Waals surface area contributed by atoms with E-state index in [9.17, 15) is 9.90 Å². The van der Waals surface area contributed by atoms with Gasteiger partial charge in [-0.05, 0) is 36.5 Å². The average molecular weight is 486 g/mol. The molecule has 2 aliphatic heterocycles. The van der Waals surface area contributed by atoms with Crippen LogP contribution < -0.4 is 10.2 Å². The Hall–Kier alpha value is -2.26. The van der Waals surface area contributed by atoms with Crippen LogP contribution in [0.1, 0.15) is 54.5 Å². The molecule has 1 aromatic carbocycles. The first-order valence-corrected chi connectivity index (χ1v) is 12.5. The number of hydrogen-bond donors (Lipinski definition) is 2. The summed E-state index contributed by atoms with van der Waals surface area (Å²) in [7, 11) is 0. The number of anilines is 1. The van der Waals surface area contributed by atoms with Crippen LogP contribution in [0.2, 0.25) is 5.02 Å². The number of hydrogen-bond acceptors (Lipinski definition) is 7. The Morgan fingerprint density at radius 1 is 1.24 bits per heavy atom. The quantitative estimate of drug-likeness (QED) is 0.649. The molecule has 3 aliphatic rings. The zero-order valence-electron chi connectivity index (χ0n) is 19.5. The van der Waals surface area contributed by atoms with Crippen molar-refractivity contribution in [1.82, 2.24) is 20.2 Å². The molecule has 0 saturated carbocycles. The monoisotopic (exact) mass is 485 g/mol. The molecule has 8 nitrogen and oxygen atoms in total. The van der Waals surface area contributed by atoms with E-state index in [1.165, 1.54) is 0 Å². The maximum absolute atomic E-state index is 13.7. The van der Waals surface area contributed by atoms with Gasteiger partial charge in [0.05, 0.1) is 24.3 Å². The maximum Gasteiger partial charge on any atom is 0.231 e. The summed E-state index contributed by atoms with van der Waals surface area (Å²) >= 11 is 6.10. The second kappa shape index (κ2) is 10.2. The highest BCUT2D eigenvalue weighted by molar-refractivity contribution is 6.30. The lowest BCUT2D eigenvalue weighted by molar-refractivity contribution is -0.133. The number of carbonyl (C=O) groups excluding carboxylic acids is 1. The van der Waals surface area contributed by atoms with Crippen molar-refractivity contribution in [2.75, 3.05) is 50.8 Å². The summed E-state index contributed by atoms with van der Waals surface area (Å²) < 4.78 is 5.48. The summed E-state index contributed by atoms with van der Waals surface area (Å²) in [5.74, 6) is 0.979. The van der Waals surface area contributed by atoms with E-state index < -0.39 is 6.10 Å². The fourth-order valence-electron chi connectivity index (χ4n) is 5.34. The molecule has 2 aromatic rings. The molecule has 182 valence electrons. The van der Waals surface area contributed by atoms with E-state index in [-0.39, 0.29) is 23.8 Å². The molecular weight excluding hydrogens is 454 g/mol. The Morgan fingerprint density at radius 2 is 2.00 bits per heavy atom. The Bertz CT molecular complexity index is 1010. The van der Waals surface area contributed by atoms with Crippen LogP contribution in [0.4, 0.5) is 5.82 Å². The molecule has 1 aliphatic carbocycles. The topological polar surface area (TPSA) is 90.8 Å². The zero-order chi connectivity index (χ0) is 23.7. The predicted octanol–water partition coefficient (Wildman–Crippen LogP) is 2.48. The first-order valence-electron chi connectivity index (χ1n) is 12.1. The van der Waals surface area contributed by atoms with Crippen molar-refractivity contribution in [1.29, 1.82) is 0 Å². The standard InChI is InChI=1S/C25H32ClN5O3/c1-16-12-21(32)23-22(16)24(29-15-28-23)30-7-9-31(10-8-30)25(33)20(13-27-19-6-11-34-14-19)17-2-4-18(26)5-3-17/h2-5,15-16,19-21,27,32H,6-14H2,1H3/t16-,19?,20?,21-/m1/s1. The summed E-state index contributed by atoms with van der Waals surface area (Å²) in [6.07, 6.45) is 2.67. The van der Waals surface area contributed by atoms with Crippen LogP contribution in [-0.4, -0.2) is 77.9 Å². The SMILES string of the molecule is C[C@@H]1C[C@@H](O)c2ncnc(N3CCN(C(=O)C(CNC4CCOC4)c4ccc(Cl)cc4)CC3)c21. The van der Waals surface area contributed by atoms with Crippen LogP contribution in [0.15, 0.2) is 30.6 Å². The van der Waals surface area contributed by atoms with Gasteiger partial charge in [0.25, 0.3) is 0 Å². The fourth-order valence-corrected chi connectivity index (χ4v) is 5.46. The zero-order valence-corrected chi connectivity index (χ0v) is 20.2. The van der Waals surface area contributed by atoms with Crippen molar-refractivity contribution < 1.29 is 14.6 Å². The lowest BCUT2D eigenvalue weighted by Gasteiger charge is -2.38. The van der Waals surface area contributed by atoms with Gasteiger partial charge in [0.15, 0.2) is 0 Å². The molecule has 4 atom stereocenters. The second-order valence-electron chi connectivity index (χ2n) is 9.53. The second-order valence-corrected chi connectivity index (χ2v) is 9.97. The summed E-state index contributed by atoms with van der Waals surface area (Å²) in [6.45, 7) is 6.81. The van der Waals surface area contributed by atoms with Crippen molar-refractivity contribution in [2.24, 2.45) is 0 Å². The number of piperazine rings is 1. The van der Waals surface area contributed by atoms with E-state index in [0.717, 1.165) is 35.7 Å². The molecule has 1 amide bonds. The van der Waals surface area contributed by atoms with Crippen molar-refractivity contribution in [3.8, 4) is 0 Å². The number of aliphatic hydroxyl groups excluding tert-OH is 1. The number of nitrogens with one attached hydrogen (secondary N) is 1. The van der Waals surface area contributed by atoms with E-state index >= 15 is 0 Å². The number of carbonyl (C=O) groups is 1. The highest BCUT2D eigenvalue weighted by atomic mass is 35.5. The molecule has 34 heavy (non-hydrogen) atoms. The third kappa shape index (κ3) is 4.77. The van der Waals surface area contributed by atoms with Gasteiger partial charge in [-0.25, -0.2) is 9.97 Å². The van der Waals surface area contributed by atoms with E-state index in [4.69, 9.17) is 16.3 Å². The highest BCUT2D eigenvalue weighted by Gasteiger charge is 2.35. The first kappa shape index (κ1) is 23.5. The number of amides is 1. The van der Waals surface area contributed by atoms with Crippen molar-refractivity contribution in [3.05, 3.63) is 52.4 Å².